The molecule has 2 saturated heterocycles. The first kappa shape index (κ1) is 15.0. The second kappa shape index (κ2) is 6.44. The number of fused-ring (bicyclic) bond motifs is 1. The highest BCUT2D eigenvalue weighted by molar-refractivity contribution is 5.76. The molecule has 0 aliphatic carbocycles. The minimum absolute atomic E-state index is 0.0272. The number of ether oxygens (including phenoxy) is 1. The van der Waals surface area contributed by atoms with Gasteiger partial charge in [-0.1, -0.05) is 6.07 Å². The zero-order valence-electron chi connectivity index (χ0n) is 12.7. The zero-order chi connectivity index (χ0) is 15.5. The van der Waals surface area contributed by atoms with Crippen LogP contribution in [0, 0.1) is 11.8 Å². The van der Waals surface area contributed by atoms with Crippen LogP contribution in [0.2, 0.25) is 0 Å². The van der Waals surface area contributed by atoms with Crippen LogP contribution in [0.3, 0.4) is 0 Å². The van der Waals surface area contributed by atoms with E-state index in [1.807, 2.05) is 17.0 Å². The Morgan fingerprint density at radius 2 is 2.32 bits per heavy atom. The molecule has 2 fully saturated rings. The van der Waals surface area contributed by atoms with Crippen LogP contribution in [-0.2, 0) is 20.9 Å². The summed E-state index contributed by atoms with van der Waals surface area (Å²) in [6.45, 7) is 4.06. The average Bonchev–Trinajstić information content (AvgIpc) is 3.08. The van der Waals surface area contributed by atoms with Crippen molar-refractivity contribution in [3.63, 3.8) is 0 Å². The van der Waals surface area contributed by atoms with Crippen molar-refractivity contribution < 1.29 is 14.3 Å². The number of nitrogens with zero attached hydrogens (tertiary/aromatic N) is 2. The van der Waals surface area contributed by atoms with Crippen LogP contribution in [0.5, 0.6) is 0 Å². The van der Waals surface area contributed by atoms with Crippen LogP contribution in [0.4, 0.5) is 0 Å². The van der Waals surface area contributed by atoms with Gasteiger partial charge in [0, 0.05) is 51.3 Å². The summed E-state index contributed by atoms with van der Waals surface area (Å²) in [7, 11) is 0. The minimum Gasteiger partial charge on any atom is -0.376 e. The summed E-state index contributed by atoms with van der Waals surface area (Å²) in [6, 6.07) is 3.79. The van der Waals surface area contributed by atoms with Gasteiger partial charge in [-0.2, -0.15) is 0 Å². The Morgan fingerprint density at radius 1 is 1.45 bits per heavy atom. The van der Waals surface area contributed by atoms with E-state index in [0.717, 1.165) is 5.56 Å². The van der Waals surface area contributed by atoms with Crippen LogP contribution < -0.4 is 5.32 Å². The van der Waals surface area contributed by atoms with Gasteiger partial charge in [-0.05, 0) is 17.5 Å². The van der Waals surface area contributed by atoms with Crippen LogP contribution in [0.1, 0.15) is 18.9 Å². The molecule has 0 radical (unpaired) electrons. The highest BCUT2D eigenvalue weighted by atomic mass is 16.5. The minimum atomic E-state index is 0.0272. The Hall–Kier alpha value is -1.95. The Morgan fingerprint density at radius 3 is 3.05 bits per heavy atom. The Balaban J connectivity index is 1.49. The van der Waals surface area contributed by atoms with Crippen molar-refractivity contribution in [1.29, 1.82) is 0 Å². The Bertz CT molecular complexity index is 549. The van der Waals surface area contributed by atoms with Crippen molar-refractivity contribution in [3.8, 4) is 0 Å². The van der Waals surface area contributed by atoms with Crippen LogP contribution in [-0.4, -0.2) is 47.5 Å². The molecule has 0 aromatic carbocycles. The van der Waals surface area contributed by atoms with E-state index < -0.39 is 0 Å². The molecule has 2 amide bonds. The zero-order valence-corrected chi connectivity index (χ0v) is 12.7. The van der Waals surface area contributed by atoms with Gasteiger partial charge in [-0.15, -0.1) is 0 Å². The van der Waals surface area contributed by atoms with Gasteiger partial charge >= 0.3 is 0 Å². The second-order valence-electron chi connectivity index (χ2n) is 6.06. The third kappa shape index (κ3) is 3.27. The van der Waals surface area contributed by atoms with Gasteiger partial charge in [0.15, 0.2) is 0 Å². The molecule has 118 valence electrons. The van der Waals surface area contributed by atoms with Gasteiger partial charge in [0.05, 0.1) is 12.7 Å². The second-order valence-corrected chi connectivity index (χ2v) is 6.06. The molecule has 2 aliphatic heterocycles. The molecule has 6 heteroatoms. The molecule has 2 aliphatic rings. The predicted octanol–water partition coefficient (Wildman–Crippen LogP) is 0.581. The van der Waals surface area contributed by atoms with Crippen LogP contribution in [0.15, 0.2) is 24.5 Å². The van der Waals surface area contributed by atoms with Crippen molar-refractivity contribution >= 4 is 11.8 Å². The number of nitrogens with one attached hydrogen (secondary N) is 1. The van der Waals surface area contributed by atoms with E-state index in [1.54, 1.807) is 19.3 Å². The van der Waals surface area contributed by atoms with Gasteiger partial charge in [0.2, 0.25) is 11.8 Å². The molecule has 0 spiro atoms. The summed E-state index contributed by atoms with van der Waals surface area (Å²) in [5.41, 5.74) is 0.986. The predicted molar refractivity (Wildman–Crippen MR) is 79.7 cm³/mol. The highest BCUT2D eigenvalue weighted by Gasteiger charge is 2.44. The van der Waals surface area contributed by atoms with Crippen molar-refractivity contribution in [1.82, 2.24) is 15.2 Å². The maximum Gasteiger partial charge on any atom is 0.220 e. The number of pyridine rings is 1. The van der Waals surface area contributed by atoms with Crippen molar-refractivity contribution in [2.75, 3.05) is 19.7 Å². The number of hydrogen-bond acceptors (Lipinski definition) is 4. The van der Waals surface area contributed by atoms with E-state index in [-0.39, 0.29) is 29.8 Å². The molecule has 0 saturated carbocycles. The third-order valence-electron chi connectivity index (χ3n) is 4.54. The molecule has 1 aromatic heterocycles. The maximum absolute atomic E-state index is 12.1. The lowest BCUT2D eigenvalue weighted by molar-refractivity contribution is -0.128. The summed E-state index contributed by atoms with van der Waals surface area (Å²) < 4.78 is 5.75. The first-order chi connectivity index (χ1) is 10.6. The lowest BCUT2D eigenvalue weighted by Crippen LogP contribution is -2.31. The Labute approximate surface area is 129 Å². The fraction of sp³-hybridized carbons (Fsp3) is 0.562. The molecule has 1 N–H and O–H groups in total. The summed E-state index contributed by atoms with van der Waals surface area (Å²) in [5, 5.41) is 2.92. The number of rotatable bonds is 4. The van der Waals surface area contributed by atoms with E-state index in [1.165, 1.54) is 0 Å². The van der Waals surface area contributed by atoms with E-state index in [0.29, 0.717) is 32.7 Å². The highest BCUT2D eigenvalue weighted by Crippen LogP contribution is 2.35. The maximum atomic E-state index is 12.1. The number of carbonyl (C=O) groups excluding carboxylic acids is 2. The Kier molecular flexibility index (Phi) is 4.38. The molecule has 22 heavy (non-hydrogen) atoms. The number of aromatic nitrogens is 1. The van der Waals surface area contributed by atoms with E-state index >= 15 is 0 Å². The standard InChI is InChI=1S/C16H21N3O3/c1-11(20)19-8-14-13(10-22-15(14)9-19)5-16(21)18-7-12-3-2-4-17-6-12/h2-4,6,13-15H,5,7-10H2,1H3,(H,18,21)/t13-,14-,15-/m1/s1. The summed E-state index contributed by atoms with van der Waals surface area (Å²) in [4.78, 5) is 29.4. The smallest absolute Gasteiger partial charge is 0.220 e. The molecular weight excluding hydrogens is 282 g/mol. The van der Waals surface area contributed by atoms with Gasteiger partial charge in [-0.25, -0.2) is 0 Å². The topological polar surface area (TPSA) is 71.5 Å². The van der Waals surface area contributed by atoms with Gasteiger partial charge in [0.1, 0.15) is 0 Å². The summed E-state index contributed by atoms with van der Waals surface area (Å²) in [5.74, 6) is 0.591. The van der Waals surface area contributed by atoms with Crippen molar-refractivity contribution in [3.05, 3.63) is 30.1 Å². The van der Waals surface area contributed by atoms with Gasteiger partial charge in [0.25, 0.3) is 0 Å². The van der Waals surface area contributed by atoms with Crippen LogP contribution in [0.25, 0.3) is 0 Å². The number of likely N-dealkylation sites (tertiary alicyclic amines) is 1. The molecule has 1 aromatic rings. The molecule has 0 bridgehead atoms. The monoisotopic (exact) mass is 303 g/mol. The quantitative estimate of drug-likeness (QED) is 0.883. The third-order valence-corrected chi connectivity index (χ3v) is 4.54. The largest absolute Gasteiger partial charge is 0.376 e. The molecule has 3 heterocycles. The summed E-state index contributed by atoms with van der Waals surface area (Å²) in [6.07, 6.45) is 4.01. The van der Waals surface area contributed by atoms with Gasteiger partial charge < -0.3 is 15.0 Å². The normalized spacial score (nSPS) is 26.8. The SMILES string of the molecule is CC(=O)N1C[C@@H]2[C@H](CC(=O)NCc3cccnc3)CO[C@@H]2C1. The number of amides is 2. The summed E-state index contributed by atoms with van der Waals surface area (Å²) >= 11 is 0. The molecular formula is C16H21N3O3. The van der Waals surface area contributed by atoms with Crippen LogP contribution >= 0.6 is 0 Å². The van der Waals surface area contributed by atoms with Crippen molar-refractivity contribution in [2.24, 2.45) is 11.8 Å². The lowest BCUT2D eigenvalue weighted by atomic mass is 9.90. The van der Waals surface area contributed by atoms with E-state index in [2.05, 4.69) is 10.3 Å². The first-order valence-corrected chi connectivity index (χ1v) is 7.66. The van der Waals surface area contributed by atoms with E-state index in [9.17, 15) is 9.59 Å². The first-order valence-electron chi connectivity index (χ1n) is 7.66. The van der Waals surface area contributed by atoms with E-state index in [4.69, 9.17) is 4.74 Å². The molecule has 6 nitrogen and oxygen atoms in total. The average molecular weight is 303 g/mol. The fourth-order valence-corrected chi connectivity index (χ4v) is 3.28. The number of carbonyl (C=O) groups is 2. The van der Waals surface area contributed by atoms with Gasteiger partial charge in [-0.3, -0.25) is 14.6 Å². The molecule has 0 unspecified atom stereocenters. The van der Waals surface area contributed by atoms with Crippen molar-refractivity contribution in [2.45, 2.75) is 26.0 Å². The lowest BCUT2D eigenvalue weighted by Gasteiger charge is -2.18. The molecule has 3 atom stereocenters. The molecule has 3 rings (SSSR count). The number of hydrogen-bond donors (Lipinski definition) is 1. The fourth-order valence-electron chi connectivity index (χ4n) is 3.28.